The third-order valence-corrected chi connectivity index (χ3v) is 3.51. The maximum absolute atomic E-state index is 13.2. The molecule has 1 heterocycles. The molecule has 0 radical (unpaired) electrons. The highest BCUT2D eigenvalue weighted by Gasteiger charge is 2.09. The van der Waals surface area contributed by atoms with Crippen LogP contribution in [0.3, 0.4) is 0 Å². The fourth-order valence-corrected chi connectivity index (χ4v) is 2.21. The van der Waals surface area contributed by atoms with Crippen LogP contribution >= 0.6 is 0 Å². The van der Waals surface area contributed by atoms with Crippen LogP contribution < -0.4 is 10.6 Å². The van der Waals surface area contributed by atoms with Crippen molar-refractivity contribution >= 4 is 23.1 Å². The number of pyridine rings is 1. The number of amides is 1. The molecule has 1 amide bonds. The average molecular weight is 350 g/mol. The van der Waals surface area contributed by atoms with E-state index < -0.39 is 17.5 Å². The summed E-state index contributed by atoms with van der Waals surface area (Å²) >= 11 is 0. The molecule has 3 rings (SSSR count). The van der Waals surface area contributed by atoms with Gasteiger partial charge < -0.3 is 10.6 Å². The minimum absolute atomic E-state index is 0.138. The van der Waals surface area contributed by atoms with Gasteiger partial charge in [-0.05, 0) is 36.4 Å². The van der Waals surface area contributed by atoms with E-state index in [-0.39, 0.29) is 11.3 Å². The fourth-order valence-electron chi connectivity index (χ4n) is 2.21. The molecule has 3 aromatic rings. The van der Waals surface area contributed by atoms with Gasteiger partial charge in [-0.3, -0.25) is 4.79 Å². The molecule has 1 aromatic heterocycles. The third kappa shape index (κ3) is 3.82. The van der Waals surface area contributed by atoms with Crippen LogP contribution in [0, 0.1) is 23.0 Å². The second kappa shape index (κ2) is 7.40. The van der Waals surface area contributed by atoms with E-state index in [1.165, 1.54) is 18.3 Å². The number of aromatic nitrogens is 1. The number of carbonyl (C=O) groups is 1. The van der Waals surface area contributed by atoms with E-state index in [9.17, 15) is 13.6 Å². The minimum Gasteiger partial charge on any atom is -0.339 e. The lowest BCUT2D eigenvalue weighted by Crippen LogP contribution is -2.12. The Balaban J connectivity index is 1.71. The van der Waals surface area contributed by atoms with Crippen molar-refractivity contribution in [1.29, 1.82) is 5.26 Å². The molecule has 7 heteroatoms. The van der Waals surface area contributed by atoms with E-state index in [1.54, 1.807) is 30.3 Å². The van der Waals surface area contributed by atoms with E-state index in [4.69, 9.17) is 5.26 Å². The van der Waals surface area contributed by atoms with Crippen LogP contribution in [0.4, 0.5) is 26.0 Å². The summed E-state index contributed by atoms with van der Waals surface area (Å²) in [5.41, 5.74) is 1.45. The largest absolute Gasteiger partial charge is 0.339 e. The van der Waals surface area contributed by atoms with Gasteiger partial charge in [0.1, 0.15) is 11.9 Å². The second-order valence-corrected chi connectivity index (χ2v) is 5.30. The van der Waals surface area contributed by atoms with Crippen molar-refractivity contribution in [2.75, 3.05) is 10.6 Å². The van der Waals surface area contributed by atoms with Crippen molar-refractivity contribution in [1.82, 2.24) is 4.98 Å². The summed E-state index contributed by atoms with van der Waals surface area (Å²) in [7, 11) is 0. The Labute approximate surface area is 147 Å². The predicted molar refractivity (Wildman–Crippen MR) is 93.0 cm³/mol. The summed E-state index contributed by atoms with van der Waals surface area (Å²) in [5, 5.41) is 14.5. The maximum Gasteiger partial charge on any atom is 0.257 e. The predicted octanol–water partition coefficient (Wildman–Crippen LogP) is 4.23. The molecule has 128 valence electrons. The smallest absolute Gasteiger partial charge is 0.257 e. The first-order chi connectivity index (χ1) is 12.6. The van der Waals surface area contributed by atoms with E-state index >= 15 is 0 Å². The van der Waals surface area contributed by atoms with Crippen LogP contribution in [-0.2, 0) is 0 Å². The van der Waals surface area contributed by atoms with Crippen LogP contribution in [0.1, 0.15) is 15.9 Å². The number of hydrogen-bond donors (Lipinski definition) is 2. The highest BCUT2D eigenvalue weighted by molar-refractivity contribution is 6.04. The lowest BCUT2D eigenvalue weighted by atomic mass is 10.2. The number of para-hydroxylation sites is 1. The van der Waals surface area contributed by atoms with Gasteiger partial charge in [0, 0.05) is 18.0 Å². The summed E-state index contributed by atoms with van der Waals surface area (Å²) in [4.78, 5) is 16.3. The molecule has 26 heavy (non-hydrogen) atoms. The number of carbonyl (C=O) groups excluding carboxylic acids is 1. The first kappa shape index (κ1) is 17.0. The van der Waals surface area contributed by atoms with E-state index in [2.05, 4.69) is 21.7 Å². The molecular weight excluding hydrogens is 338 g/mol. The number of halogens is 2. The molecule has 0 fully saturated rings. The Kier molecular flexibility index (Phi) is 4.85. The Morgan fingerprint density at radius 2 is 1.85 bits per heavy atom. The van der Waals surface area contributed by atoms with Crippen molar-refractivity contribution in [3.05, 3.63) is 83.6 Å². The zero-order valence-electron chi connectivity index (χ0n) is 13.3. The molecule has 0 bridgehead atoms. The highest BCUT2D eigenvalue weighted by Crippen LogP contribution is 2.19. The second-order valence-electron chi connectivity index (χ2n) is 5.30. The Morgan fingerprint density at radius 1 is 1.04 bits per heavy atom. The van der Waals surface area contributed by atoms with Crippen LogP contribution in [0.25, 0.3) is 0 Å². The Morgan fingerprint density at radius 3 is 2.54 bits per heavy atom. The van der Waals surface area contributed by atoms with Gasteiger partial charge in [0.05, 0.1) is 16.8 Å². The third-order valence-electron chi connectivity index (χ3n) is 3.51. The van der Waals surface area contributed by atoms with Gasteiger partial charge >= 0.3 is 0 Å². The van der Waals surface area contributed by atoms with Gasteiger partial charge in [-0.1, -0.05) is 12.1 Å². The van der Waals surface area contributed by atoms with Crippen molar-refractivity contribution < 1.29 is 13.6 Å². The minimum atomic E-state index is -1.04. The molecule has 5 nitrogen and oxygen atoms in total. The average Bonchev–Trinajstić information content (AvgIpc) is 2.66. The lowest BCUT2D eigenvalue weighted by Gasteiger charge is -2.08. The van der Waals surface area contributed by atoms with Crippen LogP contribution in [0.5, 0.6) is 0 Å². The van der Waals surface area contributed by atoms with Crippen molar-refractivity contribution in [3.63, 3.8) is 0 Å². The van der Waals surface area contributed by atoms with E-state index in [0.717, 1.165) is 12.1 Å². The van der Waals surface area contributed by atoms with Gasteiger partial charge in [0.2, 0.25) is 0 Å². The van der Waals surface area contributed by atoms with Gasteiger partial charge in [0.25, 0.3) is 5.91 Å². The molecule has 2 aromatic carbocycles. The number of hydrogen-bond acceptors (Lipinski definition) is 4. The summed E-state index contributed by atoms with van der Waals surface area (Å²) in [5.74, 6) is -2.08. The first-order valence-electron chi connectivity index (χ1n) is 7.55. The molecule has 0 spiro atoms. The normalized spacial score (nSPS) is 10.0. The van der Waals surface area contributed by atoms with Gasteiger partial charge in [0.15, 0.2) is 11.6 Å². The van der Waals surface area contributed by atoms with E-state index in [0.29, 0.717) is 17.1 Å². The molecule has 0 aliphatic heterocycles. The standard InChI is InChI=1S/C19H12F2N4O/c20-15-7-6-14(9-16(15)21)24-19(26)13-5-8-18(23-11-13)25-17-4-2-1-3-12(17)10-22/h1-9,11H,(H,23,25)(H,24,26). The number of rotatable bonds is 4. The molecule has 0 unspecified atom stereocenters. The lowest BCUT2D eigenvalue weighted by molar-refractivity contribution is 0.102. The molecule has 0 aliphatic carbocycles. The zero-order valence-corrected chi connectivity index (χ0v) is 13.3. The van der Waals surface area contributed by atoms with Crippen LogP contribution in [0.15, 0.2) is 60.8 Å². The molecule has 0 aliphatic rings. The first-order valence-corrected chi connectivity index (χ1v) is 7.55. The van der Waals surface area contributed by atoms with Gasteiger partial charge in [-0.15, -0.1) is 0 Å². The fraction of sp³-hybridized carbons (Fsp3) is 0. The maximum atomic E-state index is 13.2. The molecule has 0 saturated carbocycles. The SMILES string of the molecule is N#Cc1ccccc1Nc1ccc(C(=O)Nc2ccc(F)c(F)c2)cn1. The summed E-state index contributed by atoms with van der Waals surface area (Å²) < 4.78 is 26.1. The molecule has 2 N–H and O–H groups in total. The summed E-state index contributed by atoms with van der Waals surface area (Å²) in [6, 6.07) is 15.2. The topological polar surface area (TPSA) is 77.8 Å². The number of nitrogens with zero attached hydrogens (tertiary/aromatic N) is 2. The zero-order chi connectivity index (χ0) is 18.5. The van der Waals surface area contributed by atoms with Crippen molar-refractivity contribution in [3.8, 4) is 6.07 Å². The number of benzene rings is 2. The number of nitrogens with one attached hydrogen (secondary N) is 2. The molecule has 0 atom stereocenters. The van der Waals surface area contributed by atoms with Gasteiger partial charge in [-0.25, -0.2) is 13.8 Å². The Bertz CT molecular complexity index is 997. The molecular formula is C19H12F2N4O. The number of nitriles is 1. The monoisotopic (exact) mass is 350 g/mol. The highest BCUT2D eigenvalue weighted by atomic mass is 19.2. The van der Waals surface area contributed by atoms with E-state index in [1.807, 2.05) is 0 Å². The van der Waals surface area contributed by atoms with Crippen LogP contribution in [0.2, 0.25) is 0 Å². The van der Waals surface area contributed by atoms with Crippen molar-refractivity contribution in [2.24, 2.45) is 0 Å². The Hall–Kier alpha value is -3.79. The van der Waals surface area contributed by atoms with Crippen molar-refractivity contribution in [2.45, 2.75) is 0 Å². The summed E-state index contributed by atoms with van der Waals surface area (Å²) in [6.45, 7) is 0. The summed E-state index contributed by atoms with van der Waals surface area (Å²) in [6.07, 6.45) is 1.34. The van der Waals surface area contributed by atoms with Gasteiger partial charge in [-0.2, -0.15) is 5.26 Å². The quantitative estimate of drug-likeness (QED) is 0.738. The molecule has 0 saturated heterocycles. The van der Waals surface area contributed by atoms with Crippen LogP contribution in [-0.4, -0.2) is 10.9 Å². The number of anilines is 3.